The molecule has 2 aromatic carbocycles. The first kappa shape index (κ1) is 26.1. The molecule has 202 valence electrons. The Morgan fingerprint density at radius 3 is 2.45 bits per heavy atom. The Morgan fingerprint density at radius 1 is 1.08 bits per heavy atom. The fourth-order valence-corrected chi connectivity index (χ4v) is 5.78. The molecule has 3 aliphatic heterocycles. The molecule has 7 nitrogen and oxygen atoms in total. The van der Waals surface area contributed by atoms with E-state index in [1.54, 1.807) is 35.2 Å². The number of halogens is 4. The summed E-state index contributed by atoms with van der Waals surface area (Å²) in [5.74, 6) is -3.06. The van der Waals surface area contributed by atoms with Gasteiger partial charge in [0.15, 0.2) is 0 Å². The van der Waals surface area contributed by atoms with E-state index in [-0.39, 0.29) is 30.2 Å². The van der Waals surface area contributed by atoms with E-state index in [0.717, 1.165) is 0 Å². The third kappa shape index (κ3) is 4.63. The maximum absolute atomic E-state index is 14.2. The van der Waals surface area contributed by atoms with Crippen molar-refractivity contribution in [3.63, 3.8) is 0 Å². The molecule has 0 aliphatic carbocycles. The van der Waals surface area contributed by atoms with E-state index in [2.05, 4.69) is 10.0 Å². The van der Waals surface area contributed by atoms with Crippen LogP contribution >= 0.6 is 0 Å². The van der Waals surface area contributed by atoms with Gasteiger partial charge in [-0.15, -0.1) is 0 Å². The van der Waals surface area contributed by atoms with Gasteiger partial charge in [0.25, 0.3) is 0 Å². The average Bonchev–Trinajstić information content (AvgIpc) is 3.24. The van der Waals surface area contributed by atoms with Crippen LogP contribution in [0.4, 0.5) is 17.6 Å². The van der Waals surface area contributed by atoms with Crippen molar-refractivity contribution in [2.75, 3.05) is 39.3 Å². The number of ether oxygens (including phenoxy) is 1. The molecule has 11 heteroatoms. The van der Waals surface area contributed by atoms with Crippen LogP contribution in [0.15, 0.2) is 53.6 Å². The second-order valence-electron chi connectivity index (χ2n) is 9.85. The maximum Gasteiger partial charge on any atom is 0.473 e. The maximum atomic E-state index is 14.2. The highest BCUT2D eigenvalue weighted by molar-refractivity contribution is 6.08. The van der Waals surface area contributed by atoms with E-state index in [9.17, 15) is 27.2 Å². The molecular formula is C27H28F4N4O3. The Labute approximate surface area is 217 Å². The first-order valence-electron chi connectivity index (χ1n) is 12.6. The molecule has 38 heavy (non-hydrogen) atoms. The lowest BCUT2D eigenvalue weighted by atomic mass is 9.71. The van der Waals surface area contributed by atoms with Crippen LogP contribution in [0.25, 0.3) is 0 Å². The summed E-state index contributed by atoms with van der Waals surface area (Å²) in [6.45, 7) is 4.58. The lowest BCUT2D eigenvalue weighted by molar-refractivity contribution is -0.193. The van der Waals surface area contributed by atoms with Gasteiger partial charge in [-0.2, -0.15) is 18.3 Å². The van der Waals surface area contributed by atoms with Crippen LogP contribution < -0.4 is 4.74 Å². The Bertz CT molecular complexity index is 1240. The van der Waals surface area contributed by atoms with E-state index >= 15 is 0 Å². The van der Waals surface area contributed by atoms with Crippen LogP contribution in [0.2, 0.25) is 0 Å². The first-order chi connectivity index (χ1) is 18.1. The smallest absolute Gasteiger partial charge is 0.473 e. The van der Waals surface area contributed by atoms with Crippen LogP contribution in [0, 0.1) is 11.7 Å². The molecule has 0 aromatic heterocycles. The minimum absolute atomic E-state index is 0.00865. The van der Waals surface area contributed by atoms with Crippen LogP contribution in [-0.2, 0) is 15.1 Å². The highest BCUT2D eigenvalue weighted by Gasteiger charge is 2.60. The fourth-order valence-electron chi connectivity index (χ4n) is 5.78. The number of amides is 2. The summed E-state index contributed by atoms with van der Waals surface area (Å²) in [6.07, 6.45) is -4.52. The van der Waals surface area contributed by atoms with Gasteiger partial charge in [-0.3, -0.25) is 14.5 Å². The first-order valence-corrected chi connectivity index (χ1v) is 12.6. The molecule has 1 saturated heterocycles. The molecule has 1 fully saturated rings. The third-order valence-electron chi connectivity index (χ3n) is 7.67. The predicted octanol–water partition coefficient (Wildman–Crippen LogP) is 3.78. The van der Waals surface area contributed by atoms with Crippen molar-refractivity contribution in [2.45, 2.75) is 31.5 Å². The van der Waals surface area contributed by atoms with Crippen molar-refractivity contribution in [3.05, 3.63) is 65.5 Å². The Kier molecular flexibility index (Phi) is 6.89. The van der Waals surface area contributed by atoms with E-state index < -0.39 is 29.4 Å². The minimum atomic E-state index is -5.16. The number of benzene rings is 2. The molecule has 0 bridgehead atoms. The number of fused-ring (bicyclic) bond motifs is 3. The van der Waals surface area contributed by atoms with Crippen LogP contribution in [0.1, 0.15) is 30.9 Å². The summed E-state index contributed by atoms with van der Waals surface area (Å²) in [7, 11) is 0. The number of carbonyl (C=O) groups is 2. The summed E-state index contributed by atoms with van der Waals surface area (Å²) in [5.41, 5.74) is -0.512. The van der Waals surface area contributed by atoms with E-state index in [1.807, 2.05) is 0 Å². The normalized spacial score (nSPS) is 23.4. The lowest BCUT2D eigenvalue weighted by Gasteiger charge is -2.43. The lowest BCUT2D eigenvalue weighted by Crippen LogP contribution is -2.54. The van der Waals surface area contributed by atoms with E-state index in [1.165, 1.54) is 25.1 Å². The third-order valence-corrected chi connectivity index (χ3v) is 7.67. The summed E-state index contributed by atoms with van der Waals surface area (Å²) >= 11 is 0. The number of hydrogen-bond donors (Lipinski definition) is 0. The van der Waals surface area contributed by atoms with Gasteiger partial charge in [0.05, 0.1) is 18.2 Å². The SMILES string of the molecule is CC(=O)N1CCN(CCCC2(c3ccccc3)C3COc4ccc(F)cc4C3=NN2C(=O)C(F)(F)F)CC1. The molecule has 2 amide bonds. The van der Waals surface area contributed by atoms with Crippen molar-refractivity contribution in [1.29, 1.82) is 0 Å². The Balaban J connectivity index is 1.51. The quantitative estimate of drug-likeness (QED) is 0.550. The highest BCUT2D eigenvalue weighted by Crippen LogP contribution is 2.51. The van der Waals surface area contributed by atoms with Crippen molar-refractivity contribution in [2.24, 2.45) is 11.0 Å². The number of alkyl halides is 3. The molecule has 0 spiro atoms. The van der Waals surface area contributed by atoms with Gasteiger partial charge in [-0.05, 0) is 43.1 Å². The second kappa shape index (κ2) is 10.0. The molecule has 3 aliphatic rings. The molecule has 5 rings (SSSR count). The number of nitrogens with zero attached hydrogens (tertiary/aromatic N) is 4. The number of rotatable bonds is 5. The van der Waals surface area contributed by atoms with Gasteiger partial charge in [0.1, 0.15) is 17.1 Å². The summed E-state index contributed by atoms with van der Waals surface area (Å²) in [6, 6.07) is 12.4. The minimum Gasteiger partial charge on any atom is -0.492 e. The second-order valence-corrected chi connectivity index (χ2v) is 9.85. The largest absolute Gasteiger partial charge is 0.492 e. The molecule has 0 N–H and O–H groups in total. The number of piperazine rings is 1. The molecule has 2 atom stereocenters. The van der Waals surface area contributed by atoms with Gasteiger partial charge in [-0.25, -0.2) is 9.40 Å². The van der Waals surface area contributed by atoms with E-state index in [0.29, 0.717) is 55.5 Å². The zero-order valence-corrected chi connectivity index (χ0v) is 20.9. The zero-order chi connectivity index (χ0) is 27.1. The van der Waals surface area contributed by atoms with Crippen molar-refractivity contribution < 1.29 is 31.9 Å². The summed E-state index contributed by atoms with van der Waals surface area (Å²) in [5, 5.41) is 4.83. The van der Waals surface area contributed by atoms with Crippen molar-refractivity contribution >= 4 is 17.5 Å². The Hall–Kier alpha value is -3.47. The standard InChI is InChI=1S/C27H28F4N4O3/c1-18(36)34-14-12-33(13-15-34)11-5-10-26(19-6-3-2-4-7-19)22-17-38-23-9-8-20(28)16-21(23)24(22)32-35(26)25(37)27(29,30)31/h2-4,6-9,16,22H,5,10-15,17H2,1H3. The van der Waals surface area contributed by atoms with Gasteiger partial charge < -0.3 is 9.64 Å². The average molecular weight is 533 g/mol. The number of carbonyl (C=O) groups excluding carboxylic acids is 2. The van der Waals surface area contributed by atoms with Crippen molar-refractivity contribution in [1.82, 2.24) is 14.8 Å². The van der Waals surface area contributed by atoms with Gasteiger partial charge in [-0.1, -0.05) is 30.3 Å². The molecule has 0 saturated carbocycles. The number of hydrazone groups is 1. The van der Waals surface area contributed by atoms with Gasteiger partial charge in [0.2, 0.25) is 5.91 Å². The summed E-state index contributed by atoms with van der Waals surface area (Å²) < 4.78 is 61.9. The predicted molar refractivity (Wildman–Crippen MR) is 131 cm³/mol. The van der Waals surface area contributed by atoms with Gasteiger partial charge in [0, 0.05) is 38.7 Å². The highest BCUT2D eigenvalue weighted by atomic mass is 19.4. The van der Waals surface area contributed by atoms with Gasteiger partial charge >= 0.3 is 12.1 Å². The van der Waals surface area contributed by atoms with Crippen LogP contribution in [-0.4, -0.2) is 77.8 Å². The fraction of sp³-hybridized carbons (Fsp3) is 0.444. The molecular weight excluding hydrogens is 504 g/mol. The number of hydrogen-bond acceptors (Lipinski definition) is 5. The zero-order valence-electron chi connectivity index (χ0n) is 20.9. The van der Waals surface area contributed by atoms with Crippen LogP contribution in [0.3, 0.4) is 0 Å². The molecule has 0 radical (unpaired) electrons. The molecule has 3 heterocycles. The molecule has 2 aromatic rings. The molecule has 2 unspecified atom stereocenters. The van der Waals surface area contributed by atoms with Crippen LogP contribution in [0.5, 0.6) is 5.75 Å². The van der Waals surface area contributed by atoms with E-state index in [4.69, 9.17) is 4.74 Å². The van der Waals surface area contributed by atoms with Crippen molar-refractivity contribution in [3.8, 4) is 5.75 Å². The Morgan fingerprint density at radius 2 is 1.79 bits per heavy atom. The monoisotopic (exact) mass is 532 g/mol. The topological polar surface area (TPSA) is 65.5 Å². The summed E-state index contributed by atoms with van der Waals surface area (Å²) in [4.78, 5) is 28.4.